The summed E-state index contributed by atoms with van der Waals surface area (Å²) in [5.41, 5.74) is 3.61. The molecule has 0 fully saturated rings. The number of fused-ring (bicyclic) bond motifs is 1. The van der Waals surface area contributed by atoms with Crippen LogP contribution < -0.4 is 5.43 Å². The summed E-state index contributed by atoms with van der Waals surface area (Å²) in [5, 5.41) is 15.8. The molecular weight excluding hydrogens is 308 g/mol. The lowest BCUT2D eigenvalue weighted by atomic mass is 10.2. The van der Waals surface area contributed by atoms with E-state index in [2.05, 4.69) is 10.5 Å². The fourth-order valence-electron chi connectivity index (χ4n) is 2.41. The maximum absolute atomic E-state index is 12.0. The van der Waals surface area contributed by atoms with Crippen molar-refractivity contribution in [2.24, 2.45) is 5.10 Å². The fourth-order valence-corrected chi connectivity index (χ4v) is 2.41. The van der Waals surface area contributed by atoms with Crippen LogP contribution in [0.25, 0.3) is 10.9 Å². The summed E-state index contributed by atoms with van der Waals surface area (Å²) in [6, 6.07) is 15.9. The minimum absolute atomic E-state index is 0.0631. The number of hydrazone groups is 1. The maximum Gasteiger partial charge on any atom is 0.278 e. The first-order valence-corrected chi connectivity index (χ1v) is 7.24. The Hall–Kier alpha value is -3.48. The largest absolute Gasteiger partial charge is 0.338 e. The van der Waals surface area contributed by atoms with E-state index in [1.54, 1.807) is 18.2 Å². The predicted molar refractivity (Wildman–Crippen MR) is 90.8 cm³/mol. The highest BCUT2D eigenvalue weighted by Gasteiger charge is 2.10. The number of carbonyl (C=O) groups excluding carboxylic acids is 1. The van der Waals surface area contributed by atoms with Crippen molar-refractivity contribution in [1.29, 1.82) is 0 Å². The lowest BCUT2D eigenvalue weighted by Crippen LogP contribution is -2.22. The van der Waals surface area contributed by atoms with Gasteiger partial charge in [0.05, 0.1) is 16.7 Å². The quantitative estimate of drug-likeness (QED) is 0.445. The number of nitrogens with zero attached hydrogens (tertiary/aromatic N) is 3. The average Bonchev–Trinajstić information content (AvgIpc) is 2.98. The van der Waals surface area contributed by atoms with Crippen LogP contribution in [0.3, 0.4) is 0 Å². The molecule has 7 heteroatoms. The fraction of sp³-hybridized carbons (Fsp3) is 0.0588. The summed E-state index contributed by atoms with van der Waals surface area (Å²) in [6.45, 7) is 0.113. The van der Waals surface area contributed by atoms with Gasteiger partial charge in [-0.25, -0.2) is 5.43 Å². The predicted octanol–water partition coefficient (Wildman–Crippen LogP) is 2.70. The van der Waals surface area contributed by atoms with Gasteiger partial charge in [0.15, 0.2) is 0 Å². The van der Waals surface area contributed by atoms with Crippen LogP contribution in [0.1, 0.15) is 5.56 Å². The Morgan fingerprint density at radius 3 is 2.75 bits per heavy atom. The number of hydrogen-bond donors (Lipinski definition) is 1. The van der Waals surface area contributed by atoms with Crippen LogP contribution >= 0.6 is 0 Å². The minimum Gasteiger partial charge on any atom is -0.338 e. The molecule has 0 aliphatic rings. The number of rotatable bonds is 5. The molecule has 24 heavy (non-hydrogen) atoms. The molecule has 1 N–H and O–H groups in total. The van der Waals surface area contributed by atoms with Gasteiger partial charge in [-0.2, -0.15) is 5.10 Å². The molecule has 0 aliphatic carbocycles. The molecular formula is C17H14N4O3. The van der Waals surface area contributed by atoms with Crippen LogP contribution in [0, 0.1) is 10.1 Å². The highest BCUT2D eigenvalue weighted by Crippen LogP contribution is 2.15. The Labute approximate surface area is 137 Å². The third-order valence-electron chi connectivity index (χ3n) is 3.52. The van der Waals surface area contributed by atoms with Gasteiger partial charge in [-0.15, -0.1) is 0 Å². The van der Waals surface area contributed by atoms with E-state index in [4.69, 9.17) is 0 Å². The molecule has 0 spiro atoms. The molecule has 2 aromatic carbocycles. The summed E-state index contributed by atoms with van der Waals surface area (Å²) in [6.07, 6.45) is 3.10. The van der Waals surface area contributed by atoms with Gasteiger partial charge in [-0.05, 0) is 23.6 Å². The van der Waals surface area contributed by atoms with Crippen molar-refractivity contribution in [3.8, 4) is 0 Å². The van der Waals surface area contributed by atoms with E-state index in [1.165, 1.54) is 12.3 Å². The van der Waals surface area contributed by atoms with E-state index in [9.17, 15) is 14.9 Å². The van der Waals surface area contributed by atoms with Gasteiger partial charge >= 0.3 is 0 Å². The van der Waals surface area contributed by atoms with Crippen molar-refractivity contribution in [3.63, 3.8) is 0 Å². The molecule has 0 radical (unpaired) electrons. The standard InChI is InChI=1S/C17H14N4O3/c22-17(12-20-10-9-13-5-1-3-7-15(13)20)19-18-11-14-6-2-4-8-16(14)21(23)24/h1-11H,12H2,(H,19,22)/b18-11+. The Kier molecular flexibility index (Phi) is 4.33. The number of amides is 1. The van der Waals surface area contributed by atoms with Crippen LogP contribution in [0.4, 0.5) is 5.69 Å². The van der Waals surface area contributed by atoms with Crippen molar-refractivity contribution in [2.45, 2.75) is 6.54 Å². The molecule has 0 aliphatic heterocycles. The number of para-hydroxylation sites is 2. The molecule has 0 atom stereocenters. The number of nitro benzene ring substituents is 1. The Balaban J connectivity index is 1.67. The normalized spacial score (nSPS) is 11.0. The number of nitrogens with one attached hydrogen (secondary N) is 1. The van der Waals surface area contributed by atoms with Gasteiger partial charge in [0, 0.05) is 17.8 Å². The summed E-state index contributed by atoms with van der Waals surface area (Å²) in [4.78, 5) is 22.4. The molecule has 0 bridgehead atoms. The molecule has 0 saturated carbocycles. The first-order valence-electron chi connectivity index (χ1n) is 7.24. The summed E-state index contributed by atoms with van der Waals surface area (Å²) < 4.78 is 1.81. The summed E-state index contributed by atoms with van der Waals surface area (Å²) >= 11 is 0. The second kappa shape index (κ2) is 6.74. The molecule has 1 amide bonds. The molecule has 1 heterocycles. The van der Waals surface area contributed by atoms with Crippen LogP contribution in [0.5, 0.6) is 0 Å². The molecule has 3 rings (SSSR count). The molecule has 120 valence electrons. The highest BCUT2D eigenvalue weighted by atomic mass is 16.6. The van der Waals surface area contributed by atoms with E-state index in [0.717, 1.165) is 10.9 Å². The number of nitro groups is 1. The monoisotopic (exact) mass is 322 g/mol. The Bertz CT molecular complexity index is 930. The molecule has 0 saturated heterocycles. The SMILES string of the molecule is O=C(Cn1ccc2ccccc21)N/N=C/c1ccccc1[N+](=O)[O-]. The summed E-state index contributed by atoms with van der Waals surface area (Å²) in [7, 11) is 0. The zero-order valence-electron chi connectivity index (χ0n) is 12.6. The van der Waals surface area contributed by atoms with Crippen LogP contribution in [0.15, 0.2) is 65.9 Å². The van der Waals surface area contributed by atoms with Gasteiger partial charge < -0.3 is 4.57 Å². The van der Waals surface area contributed by atoms with Crippen molar-refractivity contribution in [1.82, 2.24) is 9.99 Å². The van der Waals surface area contributed by atoms with Gasteiger partial charge in [0.2, 0.25) is 0 Å². The van der Waals surface area contributed by atoms with Gasteiger partial charge in [0.1, 0.15) is 6.54 Å². The number of carbonyl (C=O) groups is 1. The van der Waals surface area contributed by atoms with Gasteiger partial charge in [-0.3, -0.25) is 14.9 Å². The number of aromatic nitrogens is 1. The minimum atomic E-state index is -0.491. The lowest BCUT2D eigenvalue weighted by Gasteiger charge is -2.04. The van der Waals surface area contributed by atoms with Crippen LogP contribution in [0.2, 0.25) is 0 Å². The third-order valence-corrected chi connectivity index (χ3v) is 3.52. The lowest BCUT2D eigenvalue weighted by molar-refractivity contribution is -0.385. The Morgan fingerprint density at radius 2 is 1.92 bits per heavy atom. The zero-order chi connectivity index (χ0) is 16.9. The smallest absolute Gasteiger partial charge is 0.278 e. The Morgan fingerprint density at radius 1 is 1.17 bits per heavy atom. The second-order valence-corrected chi connectivity index (χ2v) is 5.11. The topological polar surface area (TPSA) is 89.5 Å². The third kappa shape index (κ3) is 3.30. The van der Waals surface area contributed by atoms with Crippen LogP contribution in [-0.2, 0) is 11.3 Å². The maximum atomic E-state index is 12.0. The number of hydrogen-bond acceptors (Lipinski definition) is 4. The van der Waals surface area contributed by atoms with E-state index in [-0.39, 0.29) is 18.1 Å². The van der Waals surface area contributed by atoms with Crippen molar-refractivity contribution in [3.05, 3.63) is 76.5 Å². The first kappa shape index (κ1) is 15.4. The molecule has 0 unspecified atom stereocenters. The van der Waals surface area contributed by atoms with Gasteiger partial charge in [-0.1, -0.05) is 30.3 Å². The van der Waals surface area contributed by atoms with E-state index < -0.39 is 4.92 Å². The summed E-state index contributed by atoms with van der Waals surface area (Å²) in [5.74, 6) is -0.314. The van der Waals surface area contributed by atoms with Crippen molar-refractivity contribution in [2.75, 3.05) is 0 Å². The highest BCUT2D eigenvalue weighted by molar-refractivity contribution is 5.87. The molecule has 3 aromatic rings. The van der Waals surface area contributed by atoms with Gasteiger partial charge in [0.25, 0.3) is 11.6 Å². The van der Waals surface area contributed by atoms with E-state index in [1.807, 2.05) is 41.1 Å². The van der Waals surface area contributed by atoms with Crippen molar-refractivity contribution < 1.29 is 9.72 Å². The second-order valence-electron chi connectivity index (χ2n) is 5.11. The number of benzene rings is 2. The van der Waals surface area contributed by atoms with Crippen molar-refractivity contribution >= 4 is 28.7 Å². The van der Waals surface area contributed by atoms with E-state index >= 15 is 0 Å². The molecule has 1 aromatic heterocycles. The van der Waals surface area contributed by atoms with Crippen LogP contribution in [-0.4, -0.2) is 21.6 Å². The van der Waals surface area contributed by atoms with E-state index in [0.29, 0.717) is 5.56 Å². The first-order chi connectivity index (χ1) is 11.6. The zero-order valence-corrected chi connectivity index (χ0v) is 12.6. The average molecular weight is 322 g/mol. The molecule has 7 nitrogen and oxygen atoms in total.